The van der Waals surface area contributed by atoms with Gasteiger partial charge in [0, 0.05) is 12.0 Å². The van der Waals surface area contributed by atoms with Crippen LogP contribution in [0, 0.1) is 0 Å². The Morgan fingerprint density at radius 2 is 1.65 bits per heavy atom. The van der Waals surface area contributed by atoms with Gasteiger partial charge in [-0.15, -0.1) is 0 Å². The number of rotatable bonds is 5. The van der Waals surface area contributed by atoms with Crippen molar-refractivity contribution in [2.45, 2.75) is 32.3 Å². The van der Waals surface area contributed by atoms with Crippen LogP contribution in [0.5, 0.6) is 5.75 Å². The SMILES string of the molecule is COc1ccccc1C(O)Cc1ccc(C(C)C)cc1. The van der Waals surface area contributed by atoms with Gasteiger partial charge in [0.05, 0.1) is 13.2 Å². The Balaban J connectivity index is 2.13. The van der Waals surface area contributed by atoms with E-state index in [9.17, 15) is 5.11 Å². The van der Waals surface area contributed by atoms with Crippen molar-refractivity contribution < 1.29 is 9.84 Å². The summed E-state index contributed by atoms with van der Waals surface area (Å²) in [5.41, 5.74) is 3.29. The second kappa shape index (κ2) is 6.58. The Labute approximate surface area is 121 Å². The first-order chi connectivity index (χ1) is 9.61. The van der Waals surface area contributed by atoms with E-state index in [1.807, 2.05) is 24.3 Å². The maximum Gasteiger partial charge on any atom is 0.124 e. The molecule has 1 atom stereocenters. The van der Waals surface area contributed by atoms with Crippen molar-refractivity contribution in [1.82, 2.24) is 0 Å². The van der Waals surface area contributed by atoms with Crippen LogP contribution >= 0.6 is 0 Å². The fourth-order valence-corrected chi connectivity index (χ4v) is 2.31. The largest absolute Gasteiger partial charge is 0.496 e. The Morgan fingerprint density at radius 1 is 1.00 bits per heavy atom. The zero-order chi connectivity index (χ0) is 14.5. The van der Waals surface area contributed by atoms with Crippen molar-refractivity contribution in [3.63, 3.8) is 0 Å². The van der Waals surface area contributed by atoms with Gasteiger partial charge in [-0.3, -0.25) is 0 Å². The van der Waals surface area contributed by atoms with Gasteiger partial charge in [0.15, 0.2) is 0 Å². The first-order valence-electron chi connectivity index (χ1n) is 7.01. The molecule has 0 saturated heterocycles. The Morgan fingerprint density at radius 3 is 2.25 bits per heavy atom. The summed E-state index contributed by atoms with van der Waals surface area (Å²) in [5.74, 6) is 1.27. The second-order valence-corrected chi connectivity index (χ2v) is 5.36. The summed E-state index contributed by atoms with van der Waals surface area (Å²) in [4.78, 5) is 0. The standard InChI is InChI=1S/C18H22O2/c1-13(2)15-10-8-14(9-11-15)12-17(19)16-6-4-5-7-18(16)20-3/h4-11,13,17,19H,12H2,1-3H3. The lowest BCUT2D eigenvalue weighted by Crippen LogP contribution is -2.04. The van der Waals surface area contributed by atoms with Gasteiger partial charge in [0.25, 0.3) is 0 Å². The summed E-state index contributed by atoms with van der Waals surface area (Å²) in [6.07, 6.45) is 0.0507. The highest BCUT2D eigenvalue weighted by atomic mass is 16.5. The molecule has 0 saturated carbocycles. The average molecular weight is 270 g/mol. The van der Waals surface area contributed by atoms with Crippen molar-refractivity contribution in [3.05, 3.63) is 65.2 Å². The molecule has 0 aliphatic rings. The zero-order valence-corrected chi connectivity index (χ0v) is 12.3. The molecule has 0 heterocycles. The molecular weight excluding hydrogens is 248 g/mol. The Bertz CT molecular complexity index is 544. The maximum absolute atomic E-state index is 10.4. The van der Waals surface area contributed by atoms with E-state index in [1.54, 1.807) is 7.11 Å². The molecule has 1 unspecified atom stereocenters. The minimum Gasteiger partial charge on any atom is -0.496 e. The highest BCUT2D eigenvalue weighted by Crippen LogP contribution is 2.27. The first-order valence-corrected chi connectivity index (χ1v) is 7.01. The molecule has 2 aromatic rings. The quantitative estimate of drug-likeness (QED) is 0.886. The highest BCUT2D eigenvalue weighted by molar-refractivity contribution is 5.36. The molecule has 1 N–H and O–H groups in total. The van der Waals surface area contributed by atoms with Crippen LogP contribution in [0.4, 0.5) is 0 Å². The number of para-hydroxylation sites is 1. The molecule has 2 aromatic carbocycles. The summed E-state index contributed by atoms with van der Waals surface area (Å²) < 4.78 is 5.29. The third kappa shape index (κ3) is 3.40. The van der Waals surface area contributed by atoms with E-state index >= 15 is 0 Å². The van der Waals surface area contributed by atoms with Gasteiger partial charge < -0.3 is 9.84 Å². The van der Waals surface area contributed by atoms with Crippen LogP contribution < -0.4 is 4.74 Å². The number of methoxy groups -OCH3 is 1. The smallest absolute Gasteiger partial charge is 0.124 e. The average Bonchev–Trinajstić information content (AvgIpc) is 2.47. The summed E-state index contributed by atoms with van der Waals surface area (Å²) in [5, 5.41) is 10.4. The summed E-state index contributed by atoms with van der Waals surface area (Å²) >= 11 is 0. The van der Waals surface area contributed by atoms with E-state index < -0.39 is 6.10 Å². The van der Waals surface area contributed by atoms with Crippen LogP contribution in [0.2, 0.25) is 0 Å². The highest BCUT2D eigenvalue weighted by Gasteiger charge is 2.13. The second-order valence-electron chi connectivity index (χ2n) is 5.36. The lowest BCUT2D eigenvalue weighted by atomic mass is 9.97. The van der Waals surface area contributed by atoms with Gasteiger partial charge in [-0.1, -0.05) is 56.3 Å². The molecule has 0 bridgehead atoms. The Kier molecular flexibility index (Phi) is 4.80. The monoisotopic (exact) mass is 270 g/mol. The summed E-state index contributed by atoms with van der Waals surface area (Å²) in [7, 11) is 1.63. The number of hydrogen-bond donors (Lipinski definition) is 1. The third-order valence-corrected chi connectivity index (χ3v) is 3.57. The topological polar surface area (TPSA) is 29.5 Å². The van der Waals surface area contributed by atoms with Gasteiger partial charge in [-0.2, -0.15) is 0 Å². The van der Waals surface area contributed by atoms with Crippen LogP contribution in [0.3, 0.4) is 0 Å². The molecule has 2 heteroatoms. The van der Waals surface area contributed by atoms with Crippen LogP contribution in [0.25, 0.3) is 0 Å². The minimum absolute atomic E-state index is 0.531. The zero-order valence-electron chi connectivity index (χ0n) is 12.3. The van der Waals surface area contributed by atoms with Gasteiger partial charge in [0.2, 0.25) is 0 Å². The molecule has 0 radical (unpaired) electrons. The maximum atomic E-state index is 10.4. The number of ether oxygens (including phenoxy) is 1. The number of hydrogen-bond acceptors (Lipinski definition) is 2. The van der Waals surface area contributed by atoms with Gasteiger partial charge in [0.1, 0.15) is 5.75 Å². The van der Waals surface area contributed by atoms with E-state index in [0.717, 1.165) is 16.9 Å². The predicted molar refractivity (Wildman–Crippen MR) is 82.2 cm³/mol. The lowest BCUT2D eigenvalue weighted by molar-refractivity contribution is 0.174. The van der Waals surface area contributed by atoms with E-state index in [-0.39, 0.29) is 0 Å². The molecule has 0 aliphatic heterocycles. The molecule has 0 amide bonds. The molecular formula is C18H22O2. The van der Waals surface area contributed by atoms with Crippen molar-refractivity contribution in [2.75, 3.05) is 7.11 Å². The predicted octanol–water partition coefficient (Wildman–Crippen LogP) is 4.09. The summed E-state index contributed by atoms with van der Waals surface area (Å²) in [6, 6.07) is 16.1. The number of aliphatic hydroxyl groups is 1. The molecule has 20 heavy (non-hydrogen) atoms. The number of aliphatic hydroxyl groups excluding tert-OH is 1. The fourth-order valence-electron chi connectivity index (χ4n) is 2.31. The van der Waals surface area contributed by atoms with Gasteiger partial charge in [-0.05, 0) is 23.1 Å². The van der Waals surface area contributed by atoms with Crippen molar-refractivity contribution in [3.8, 4) is 5.75 Å². The summed E-state index contributed by atoms with van der Waals surface area (Å²) in [6.45, 7) is 4.36. The van der Waals surface area contributed by atoms with E-state index in [2.05, 4.69) is 38.1 Å². The molecule has 0 aliphatic carbocycles. The first kappa shape index (κ1) is 14.6. The minimum atomic E-state index is -0.545. The van der Waals surface area contributed by atoms with Crippen molar-refractivity contribution >= 4 is 0 Å². The van der Waals surface area contributed by atoms with E-state index in [1.165, 1.54) is 5.56 Å². The van der Waals surface area contributed by atoms with Crippen LogP contribution in [-0.4, -0.2) is 12.2 Å². The van der Waals surface area contributed by atoms with E-state index in [4.69, 9.17) is 4.74 Å². The molecule has 2 rings (SSSR count). The normalized spacial score (nSPS) is 12.4. The molecule has 2 nitrogen and oxygen atoms in total. The lowest BCUT2D eigenvalue weighted by Gasteiger charge is -2.15. The van der Waals surface area contributed by atoms with Crippen molar-refractivity contribution in [2.24, 2.45) is 0 Å². The molecule has 0 spiro atoms. The van der Waals surface area contributed by atoms with Gasteiger partial charge >= 0.3 is 0 Å². The van der Waals surface area contributed by atoms with E-state index in [0.29, 0.717) is 12.3 Å². The van der Waals surface area contributed by atoms with Gasteiger partial charge in [-0.25, -0.2) is 0 Å². The van der Waals surface area contributed by atoms with Crippen LogP contribution in [-0.2, 0) is 6.42 Å². The third-order valence-electron chi connectivity index (χ3n) is 3.57. The molecule has 0 fully saturated rings. The van der Waals surface area contributed by atoms with Crippen LogP contribution in [0.1, 0.15) is 42.6 Å². The fraction of sp³-hybridized carbons (Fsp3) is 0.333. The molecule has 106 valence electrons. The number of benzene rings is 2. The van der Waals surface area contributed by atoms with Crippen LogP contribution in [0.15, 0.2) is 48.5 Å². The van der Waals surface area contributed by atoms with Crippen molar-refractivity contribution in [1.29, 1.82) is 0 Å². The Hall–Kier alpha value is -1.80. The molecule has 0 aromatic heterocycles.